The Kier molecular flexibility index (Phi) is 4.07. The molecule has 1 aliphatic rings. The maximum absolute atomic E-state index is 11.1. The van der Waals surface area contributed by atoms with E-state index in [-0.39, 0.29) is 17.8 Å². The summed E-state index contributed by atoms with van der Waals surface area (Å²) in [6, 6.07) is 0.242. The van der Waals surface area contributed by atoms with Crippen LogP contribution in [0.15, 0.2) is 0 Å². The van der Waals surface area contributed by atoms with Crippen molar-refractivity contribution in [3.63, 3.8) is 0 Å². The first kappa shape index (κ1) is 11.2. The Balaban J connectivity index is 2.42. The normalized spacial score (nSPS) is 22.3. The average molecular weight is 199 g/mol. The first-order chi connectivity index (χ1) is 6.63. The van der Waals surface area contributed by atoms with Gasteiger partial charge in [-0.1, -0.05) is 0 Å². The van der Waals surface area contributed by atoms with Crippen LogP contribution in [-0.4, -0.2) is 42.9 Å². The molecule has 0 aromatic rings. The highest BCUT2D eigenvalue weighted by atomic mass is 16.5. The fourth-order valence-electron chi connectivity index (χ4n) is 1.90. The largest absolute Gasteiger partial charge is 0.468 e. The van der Waals surface area contributed by atoms with E-state index in [9.17, 15) is 9.59 Å². The van der Waals surface area contributed by atoms with Gasteiger partial charge in [0, 0.05) is 12.5 Å². The van der Waals surface area contributed by atoms with E-state index in [0.29, 0.717) is 13.0 Å². The van der Waals surface area contributed by atoms with Crippen LogP contribution in [0.5, 0.6) is 0 Å². The second kappa shape index (κ2) is 5.10. The predicted octanol–water partition coefficient (Wildman–Crippen LogP) is 0.603. The Morgan fingerprint density at radius 2 is 2.21 bits per heavy atom. The topological polar surface area (TPSA) is 46.6 Å². The Morgan fingerprint density at radius 3 is 2.79 bits per heavy atom. The second-order valence-electron chi connectivity index (χ2n) is 3.75. The number of nitrogens with zero attached hydrogens (tertiary/aromatic N) is 1. The van der Waals surface area contributed by atoms with Crippen LogP contribution in [0.4, 0.5) is 0 Å². The van der Waals surface area contributed by atoms with Crippen molar-refractivity contribution in [2.75, 3.05) is 20.2 Å². The zero-order chi connectivity index (χ0) is 10.6. The van der Waals surface area contributed by atoms with Crippen LogP contribution in [0.3, 0.4) is 0 Å². The minimum atomic E-state index is -0.222. The molecule has 4 nitrogen and oxygen atoms in total. The average Bonchev–Trinajstić information content (AvgIpc) is 2.52. The molecule has 1 saturated heterocycles. The van der Waals surface area contributed by atoms with Gasteiger partial charge in [0.2, 0.25) is 0 Å². The summed E-state index contributed by atoms with van der Waals surface area (Å²) in [4.78, 5) is 24.0. The first-order valence-electron chi connectivity index (χ1n) is 4.93. The lowest BCUT2D eigenvalue weighted by Crippen LogP contribution is -2.35. The summed E-state index contributed by atoms with van der Waals surface area (Å²) in [5.74, 6) is -0.0350. The van der Waals surface area contributed by atoms with Crippen molar-refractivity contribution >= 4 is 11.8 Å². The molecule has 1 heterocycles. The van der Waals surface area contributed by atoms with Gasteiger partial charge in [0.05, 0.1) is 13.7 Å². The third-order valence-corrected chi connectivity index (χ3v) is 2.58. The number of methoxy groups -OCH3 is 1. The molecule has 0 aromatic heterocycles. The molecule has 0 N–H and O–H groups in total. The van der Waals surface area contributed by atoms with E-state index in [0.717, 1.165) is 19.4 Å². The van der Waals surface area contributed by atoms with Crippen LogP contribution >= 0.6 is 0 Å². The molecule has 1 atom stereocenters. The minimum Gasteiger partial charge on any atom is -0.468 e. The van der Waals surface area contributed by atoms with Gasteiger partial charge in [-0.15, -0.1) is 0 Å². The van der Waals surface area contributed by atoms with Gasteiger partial charge in [-0.25, -0.2) is 0 Å². The lowest BCUT2D eigenvalue weighted by atomic mass is 10.1. The van der Waals surface area contributed by atoms with Gasteiger partial charge in [0.15, 0.2) is 0 Å². The molecule has 1 rings (SSSR count). The Morgan fingerprint density at radius 1 is 1.50 bits per heavy atom. The van der Waals surface area contributed by atoms with E-state index in [4.69, 9.17) is 0 Å². The van der Waals surface area contributed by atoms with Crippen LogP contribution in [0.2, 0.25) is 0 Å². The number of ketones is 1. The standard InChI is InChI=1S/C10H17NO3/c1-8(12)6-9-4-3-5-11(9)7-10(13)14-2/h9H,3-7H2,1-2H3. The van der Waals surface area contributed by atoms with Crippen molar-refractivity contribution in [1.29, 1.82) is 0 Å². The molecule has 0 saturated carbocycles. The van der Waals surface area contributed by atoms with E-state index in [1.807, 2.05) is 4.90 Å². The third-order valence-electron chi connectivity index (χ3n) is 2.58. The van der Waals surface area contributed by atoms with Gasteiger partial charge in [-0.2, -0.15) is 0 Å². The summed E-state index contributed by atoms with van der Waals surface area (Å²) in [6.07, 6.45) is 2.63. The smallest absolute Gasteiger partial charge is 0.319 e. The number of likely N-dealkylation sites (tertiary alicyclic amines) is 1. The van der Waals surface area contributed by atoms with Crippen LogP contribution in [0.1, 0.15) is 26.2 Å². The van der Waals surface area contributed by atoms with Gasteiger partial charge in [0.25, 0.3) is 0 Å². The van der Waals surface area contributed by atoms with Crippen molar-refractivity contribution in [2.24, 2.45) is 0 Å². The Bertz CT molecular complexity index is 227. The van der Waals surface area contributed by atoms with Crippen molar-refractivity contribution < 1.29 is 14.3 Å². The van der Waals surface area contributed by atoms with Gasteiger partial charge < -0.3 is 4.74 Å². The highest BCUT2D eigenvalue weighted by molar-refractivity contribution is 5.76. The molecule has 1 aliphatic heterocycles. The molecule has 0 bridgehead atoms. The maximum Gasteiger partial charge on any atom is 0.319 e. The van der Waals surface area contributed by atoms with Crippen molar-refractivity contribution in [2.45, 2.75) is 32.2 Å². The zero-order valence-electron chi connectivity index (χ0n) is 8.78. The number of carbonyl (C=O) groups excluding carboxylic acids is 2. The van der Waals surface area contributed by atoms with E-state index in [2.05, 4.69) is 4.74 Å². The number of hydrogen-bond acceptors (Lipinski definition) is 4. The quantitative estimate of drug-likeness (QED) is 0.622. The van der Waals surface area contributed by atoms with Gasteiger partial charge >= 0.3 is 5.97 Å². The fraction of sp³-hybridized carbons (Fsp3) is 0.800. The molecule has 0 radical (unpaired) electrons. The number of hydrogen-bond donors (Lipinski definition) is 0. The summed E-state index contributed by atoms with van der Waals surface area (Å²) >= 11 is 0. The number of Topliss-reactive ketones (excluding diaryl/α,β-unsaturated/α-hetero) is 1. The molecule has 1 fully saturated rings. The Hall–Kier alpha value is -0.900. The van der Waals surface area contributed by atoms with Gasteiger partial charge in [-0.05, 0) is 26.3 Å². The summed E-state index contributed by atoms with van der Waals surface area (Å²) in [7, 11) is 1.39. The molecule has 0 amide bonds. The SMILES string of the molecule is COC(=O)CN1CCCC1CC(C)=O. The fourth-order valence-corrected chi connectivity index (χ4v) is 1.90. The number of carbonyl (C=O) groups is 2. The molecule has 0 aliphatic carbocycles. The molecular formula is C10H17NO3. The summed E-state index contributed by atoms with van der Waals surface area (Å²) < 4.78 is 4.60. The summed E-state index contributed by atoms with van der Waals surface area (Å²) in [5, 5.41) is 0. The van der Waals surface area contributed by atoms with Crippen LogP contribution in [-0.2, 0) is 14.3 Å². The summed E-state index contributed by atoms with van der Waals surface area (Å²) in [5.41, 5.74) is 0. The monoisotopic (exact) mass is 199 g/mol. The van der Waals surface area contributed by atoms with E-state index < -0.39 is 0 Å². The molecule has 0 spiro atoms. The lowest BCUT2D eigenvalue weighted by molar-refractivity contribution is -0.142. The predicted molar refractivity (Wildman–Crippen MR) is 51.9 cm³/mol. The zero-order valence-corrected chi connectivity index (χ0v) is 8.78. The van der Waals surface area contributed by atoms with Crippen molar-refractivity contribution in [3.05, 3.63) is 0 Å². The third kappa shape index (κ3) is 3.10. The molecule has 80 valence electrons. The molecule has 4 heteroatoms. The maximum atomic E-state index is 11.1. The molecule has 1 unspecified atom stereocenters. The molecule has 0 aromatic carbocycles. The van der Waals surface area contributed by atoms with Crippen LogP contribution in [0.25, 0.3) is 0 Å². The Labute approximate surface area is 84.2 Å². The lowest BCUT2D eigenvalue weighted by Gasteiger charge is -2.21. The highest BCUT2D eigenvalue weighted by Gasteiger charge is 2.27. The molecular weight excluding hydrogens is 182 g/mol. The number of ether oxygens (including phenoxy) is 1. The highest BCUT2D eigenvalue weighted by Crippen LogP contribution is 2.19. The molecule has 14 heavy (non-hydrogen) atoms. The summed E-state index contributed by atoms with van der Waals surface area (Å²) in [6.45, 7) is 2.80. The van der Waals surface area contributed by atoms with Crippen LogP contribution in [0, 0.1) is 0 Å². The van der Waals surface area contributed by atoms with E-state index >= 15 is 0 Å². The minimum absolute atomic E-state index is 0.187. The second-order valence-corrected chi connectivity index (χ2v) is 3.75. The van der Waals surface area contributed by atoms with E-state index in [1.165, 1.54) is 7.11 Å². The van der Waals surface area contributed by atoms with Gasteiger partial charge in [0.1, 0.15) is 5.78 Å². The van der Waals surface area contributed by atoms with Crippen molar-refractivity contribution in [3.8, 4) is 0 Å². The van der Waals surface area contributed by atoms with E-state index in [1.54, 1.807) is 6.92 Å². The number of esters is 1. The first-order valence-corrected chi connectivity index (χ1v) is 4.93. The van der Waals surface area contributed by atoms with Gasteiger partial charge in [-0.3, -0.25) is 14.5 Å². The van der Waals surface area contributed by atoms with Crippen LogP contribution < -0.4 is 0 Å². The number of rotatable bonds is 4. The van der Waals surface area contributed by atoms with Crippen molar-refractivity contribution in [1.82, 2.24) is 4.90 Å².